The van der Waals surface area contributed by atoms with Crippen molar-refractivity contribution < 1.29 is 14.7 Å². The van der Waals surface area contributed by atoms with Crippen LogP contribution < -0.4 is 0 Å². The van der Waals surface area contributed by atoms with E-state index in [9.17, 15) is 9.59 Å². The van der Waals surface area contributed by atoms with E-state index in [1.807, 2.05) is 0 Å². The summed E-state index contributed by atoms with van der Waals surface area (Å²) in [4.78, 5) is 24.9. The lowest BCUT2D eigenvalue weighted by Gasteiger charge is -2.26. The van der Waals surface area contributed by atoms with Crippen molar-refractivity contribution >= 4 is 11.9 Å². The number of likely N-dealkylation sites (tertiary alicyclic amines) is 1. The molecule has 0 aromatic carbocycles. The average molecular weight is 241 g/mol. The normalized spacial score (nSPS) is 19.9. The molecule has 0 aromatic rings. The van der Waals surface area contributed by atoms with E-state index in [-0.39, 0.29) is 11.8 Å². The van der Waals surface area contributed by atoms with Crippen molar-refractivity contribution in [3.8, 4) is 0 Å². The molecule has 1 atom stereocenters. The Kier molecular flexibility index (Phi) is 5.45. The first-order valence-corrected chi connectivity index (χ1v) is 6.65. The second kappa shape index (κ2) is 6.62. The number of carbonyl (C=O) groups is 2. The molecule has 0 bridgehead atoms. The van der Waals surface area contributed by atoms with Gasteiger partial charge in [0.15, 0.2) is 0 Å². The number of aliphatic carboxylic acids is 1. The second-order valence-corrected chi connectivity index (χ2v) is 4.80. The van der Waals surface area contributed by atoms with Gasteiger partial charge in [-0.25, -0.2) is 4.79 Å². The van der Waals surface area contributed by atoms with Gasteiger partial charge < -0.3 is 10.0 Å². The first-order chi connectivity index (χ1) is 8.11. The van der Waals surface area contributed by atoms with E-state index in [1.54, 1.807) is 4.90 Å². The SMILES string of the molecule is CCCC(CCC)C(=O)N1CCC[C@@H]1C(=O)O. The molecule has 1 fully saturated rings. The predicted octanol–water partition coefficient (Wildman–Crippen LogP) is 2.28. The second-order valence-electron chi connectivity index (χ2n) is 4.80. The molecule has 1 rings (SSSR count). The molecule has 1 N–H and O–H groups in total. The Bertz CT molecular complexity index is 272. The molecular formula is C13H23NO3. The van der Waals surface area contributed by atoms with Crippen LogP contribution in [0.15, 0.2) is 0 Å². The molecule has 0 radical (unpaired) electrons. The maximum absolute atomic E-state index is 12.3. The molecule has 1 aliphatic heterocycles. The Morgan fingerprint density at radius 1 is 1.29 bits per heavy atom. The Morgan fingerprint density at radius 2 is 1.88 bits per heavy atom. The van der Waals surface area contributed by atoms with Crippen molar-refractivity contribution in [1.82, 2.24) is 4.90 Å². The van der Waals surface area contributed by atoms with E-state index in [4.69, 9.17) is 5.11 Å². The Labute approximate surface area is 103 Å². The number of hydrogen-bond acceptors (Lipinski definition) is 2. The zero-order chi connectivity index (χ0) is 12.8. The maximum Gasteiger partial charge on any atom is 0.326 e. The van der Waals surface area contributed by atoms with Crippen LogP contribution in [-0.4, -0.2) is 34.5 Å². The van der Waals surface area contributed by atoms with Gasteiger partial charge in [0.2, 0.25) is 5.91 Å². The summed E-state index contributed by atoms with van der Waals surface area (Å²) in [6.07, 6.45) is 5.11. The smallest absolute Gasteiger partial charge is 0.326 e. The molecule has 0 aliphatic carbocycles. The number of hydrogen-bond donors (Lipinski definition) is 1. The highest BCUT2D eigenvalue weighted by molar-refractivity contribution is 5.85. The highest BCUT2D eigenvalue weighted by atomic mass is 16.4. The highest BCUT2D eigenvalue weighted by Crippen LogP contribution is 2.24. The van der Waals surface area contributed by atoms with Crippen LogP contribution in [0.3, 0.4) is 0 Å². The molecule has 1 saturated heterocycles. The fourth-order valence-corrected chi connectivity index (χ4v) is 2.61. The zero-order valence-electron chi connectivity index (χ0n) is 10.8. The maximum atomic E-state index is 12.3. The molecule has 17 heavy (non-hydrogen) atoms. The lowest BCUT2D eigenvalue weighted by atomic mass is 9.96. The standard InChI is InChI=1S/C13H23NO3/c1-3-6-10(7-4-2)12(15)14-9-5-8-11(14)13(16)17/h10-11H,3-9H2,1-2H3,(H,16,17)/t11-/m1/s1. The van der Waals surface area contributed by atoms with Gasteiger partial charge in [0.1, 0.15) is 6.04 Å². The molecule has 0 spiro atoms. The molecule has 0 saturated carbocycles. The largest absolute Gasteiger partial charge is 0.480 e. The number of amides is 1. The monoisotopic (exact) mass is 241 g/mol. The van der Waals surface area contributed by atoms with Crippen LogP contribution in [0.25, 0.3) is 0 Å². The highest BCUT2D eigenvalue weighted by Gasteiger charge is 2.36. The molecule has 1 heterocycles. The lowest BCUT2D eigenvalue weighted by Crippen LogP contribution is -2.43. The van der Waals surface area contributed by atoms with Crippen LogP contribution >= 0.6 is 0 Å². The summed E-state index contributed by atoms with van der Waals surface area (Å²) in [6, 6.07) is -0.585. The number of carbonyl (C=O) groups excluding carboxylic acids is 1. The van der Waals surface area contributed by atoms with Gasteiger partial charge in [0.25, 0.3) is 0 Å². The minimum absolute atomic E-state index is 0.0185. The van der Waals surface area contributed by atoms with Crippen molar-refractivity contribution in [1.29, 1.82) is 0 Å². The third-order valence-electron chi connectivity index (χ3n) is 3.44. The topological polar surface area (TPSA) is 57.6 Å². The number of rotatable bonds is 6. The fraction of sp³-hybridized carbons (Fsp3) is 0.846. The molecule has 4 heteroatoms. The number of nitrogens with zero attached hydrogens (tertiary/aromatic N) is 1. The number of carboxylic acids is 1. The molecule has 0 aromatic heterocycles. The van der Waals surface area contributed by atoms with Gasteiger partial charge in [-0.15, -0.1) is 0 Å². The summed E-state index contributed by atoms with van der Waals surface area (Å²) in [6.45, 7) is 4.74. The summed E-state index contributed by atoms with van der Waals surface area (Å²) in [5.41, 5.74) is 0. The lowest BCUT2D eigenvalue weighted by molar-refractivity contribution is -0.150. The van der Waals surface area contributed by atoms with Crippen molar-refractivity contribution in [3.63, 3.8) is 0 Å². The van der Waals surface area contributed by atoms with Gasteiger partial charge >= 0.3 is 5.97 Å². The zero-order valence-corrected chi connectivity index (χ0v) is 10.8. The van der Waals surface area contributed by atoms with Gasteiger partial charge in [0, 0.05) is 12.5 Å². The summed E-state index contributed by atoms with van der Waals surface area (Å²) in [7, 11) is 0. The van der Waals surface area contributed by atoms with Crippen LogP contribution in [-0.2, 0) is 9.59 Å². The third-order valence-corrected chi connectivity index (χ3v) is 3.44. The van der Waals surface area contributed by atoms with Crippen molar-refractivity contribution in [2.45, 2.75) is 58.4 Å². The fourth-order valence-electron chi connectivity index (χ4n) is 2.61. The van der Waals surface area contributed by atoms with Crippen LogP contribution in [0, 0.1) is 5.92 Å². The van der Waals surface area contributed by atoms with Gasteiger partial charge in [0.05, 0.1) is 0 Å². The molecular weight excluding hydrogens is 218 g/mol. The van der Waals surface area contributed by atoms with Crippen LogP contribution in [0.4, 0.5) is 0 Å². The van der Waals surface area contributed by atoms with E-state index in [0.717, 1.165) is 32.1 Å². The predicted molar refractivity (Wildman–Crippen MR) is 65.7 cm³/mol. The van der Waals surface area contributed by atoms with Gasteiger partial charge in [-0.1, -0.05) is 26.7 Å². The van der Waals surface area contributed by atoms with Crippen LogP contribution in [0.2, 0.25) is 0 Å². The minimum Gasteiger partial charge on any atom is -0.480 e. The quantitative estimate of drug-likeness (QED) is 0.776. The summed E-state index contributed by atoms with van der Waals surface area (Å²) in [5.74, 6) is -0.786. The Morgan fingerprint density at radius 3 is 2.35 bits per heavy atom. The van der Waals surface area contributed by atoms with Gasteiger partial charge in [-0.05, 0) is 25.7 Å². The minimum atomic E-state index is -0.859. The van der Waals surface area contributed by atoms with E-state index >= 15 is 0 Å². The average Bonchev–Trinajstić information content (AvgIpc) is 2.76. The molecule has 1 amide bonds. The Balaban J connectivity index is 2.68. The first-order valence-electron chi connectivity index (χ1n) is 6.65. The van der Waals surface area contributed by atoms with Crippen LogP contribution in [0.5, 0.6) is 0 Å². The summed E-state index contributed by atoms with van der Waals surface area (Å²) in [5, 5.41) is 9.08. The van der Waals surface area contributed by atoms with E-state index in [0.29, 0.717) is 13.0 Å². The van der Waals surface area contributed by atoms with Crippen molar-refractivity contribution in [3.05, 3.63) is 0 Å². The molecule has 0 unspecified atom stereocenters. The summed E-state index contributed by atoms with van der Waals surface area (Å²) < 4.78 is 0. The van der Waals surface area contributed by atoms with Crippen LogP contribution in [0.1, 0.15) is 52.4 Å². The van der Waals surface area contributed by atoms with Crippen molar-refractivity contribution in [2.75, 3.05) is 6.54 Å². The molecule has 4 nitrogen and oxygen atoms in total. The van der Waals surface area contributed by atoms with Gasteiger partial charge in [-0.3, -0.25) is 4.79 Å². The van der Waals surface area contributed by atoms with E-state index in [1.165, 1.54) is 0 Å². The Hall–Kier alpha value is -1.06. The van der Waals surface area contributed by atoms with E-state index in [2.05, 4.69) is 13.8 Å². The molecule has 98 valence electrons. The summed E-state index contributed by atoms with van der Waals surface area (Å²) >= 11 is 0. The van der Waals surface area contributed by atoms with Crippen molar-refractivity contribution in [2.24, 2.45) is 5.92 Å². The number of carboxylic acid groups (broad SMARTS) is 1. The third kappa shape index (κ3) is 3.45. The van der Waals surface area contributed by atoms with Gasteiger partial charge in [-0.2, -0.15) is 0 Å². The molecule has 1 aliphatic rings. The van der Waals surface area contributed by atoms with E-state index < -0.39 is 12.0 Å². The first kappa shape index (κ1) is 14.0.